The summed E-state index contributed by atoms with van der Waals surface area (Å²) in [7, 11) is 0. The molecule has 0 aliphatic heterocycles. The van der Waals surface area contributed by atoms with Crippen LogP contribution in [-0.2, 0) is 0 Å². The van der Waals surface area contributed by atoms with E-state index < -0.39 is 31.8 Å². The van der Waals surface area contributed by atoms with Crippen LogP contribution in [-0.4, -0.2) is 52.6 Å². The van der Waals surface area contributed by atoms with E-state index in [1.807, 2.05) is 0 Å². The van der Waals surface area contributed by atoms with Crippen LogP contribution in [0, 0.1) is 5.41 Å². The molecular weight excluding hydrogens is 192 g/mol. The Morgan fingerprint density at radius 3 is 1.15 bits per heavy atom. The van der Waals surface area contributed by atoms with Crippen LogP contribution in [0.1, 0.15) is 13.3 Å². The first-order valence-corrected chi connectivity index (χ1v) is 4.83. The molecule has 0 heterocycles. The summed E-state index contributed by atoms with van der Waals surface area (Å²) >= 11 is 3.92. The van der Waals surface area contributed by atoms with E-state index >= 15 is 0 Å². The van der Waals surface area contributed by atoms with Gasteiger partial charge in [-0.1, -0.05) is 6.92 Å². The zero-order valence-corrected chi connectivity index (χ0v) is 8.87. The first kappa shape index (κ1) is 15.7. The number of aliphatic hydroxyl groups excluding tert-OH is 4. The highest BCUT2D eigenvalue weighted by Crippen LogP contribution is 2.11. The van der Waals surface area contributed by atoms with E-state index in [1.165, 1.54) is 6.42 Å². The van der Waals surface area contributed by atoms with Crippen molar-refractivity contribution in [3.63, 3.8) is 0 Å². The maximum absolute atomic E-state index is 8.50. The van der Waals surface area contributed by atoms with Crippen molar-refractivity contribution in [1.29, 1.82) is 0 Å². The van der Waals surface area contributed by atoms with Crippen molar-refractivity contribution in [2.75, 3.05) is 32.2 Å². The molecule has 0 unspecified atom stereocenters. The Morgan fingerprint density at radius 1 is 0.923 bits per heavy atom. The maximum atomic E-state index is 8.50. The van der Waals surface area contributed by atoms with Gasteiger partial charge >= 0.3 is 0 Å². The first-order chi connectivity index (χ1) is 6.16. The monoisotopic (exact) mass is 212 g/mol. The highest BCUT2D eigenvalue weighted by atomic mass is 32.1. The Morgan fingerprint density at radius 2 is 1.15 bits per heavy atom. The third-order valence-corrected chi connectivity index (χ3v) is 2.01. The molecule has 13 heavy (non-hydrogen) atoms. The second kappa shape index (κ2) is 10.3. The summed E-state index contributed by atoms with van der Waals surface area (Å²) in [5.74, 6) is 1.01. The molecule has 0 amide bonds. The molecule has 0 aromatic rings. The molecule has 0 saturated carbocycles. The van der Waals surface area contributed by atoms with Gasteiger partial charge in [-0.2, -0.15) is 12.6 Å². The van der Waals surface area contributed by atoms with Crippen molar-refractivity contribution >= 4 is 12.6 Å². The van der Waals surface area contributed by atoms with Crippen LogP contribution < -0.4 is 0 Å². The van der Waals surface area contributed by atoms with Gasteiger partial charge < -0.3 is 20.4 Å². The maximum Gasteiger partial charge on any atom is 0.0627 e. The highest BCUT2D eigenvalue weighted by molar-refractivity contribution is 7.80. The average molecular weight is 212 g/mol. The van der Waals surface area contributed by atoms with E-state index in [2.05, 4.69) is 19.6 Å². The molecule has 4 nitrogen and oxygen atoms in total. The van der Waals surface area contributed by atoms with Gasteiger partial charge in [-0.05, 0) is 12.2 Å². The number of hydrogen-bond donors (Lipinski definition) is 5. The molecule has 0 aromatic carbocycles. The quantitative estimate of drug-likeness (QED) is 0.389. The van der Waals surface area contributed by atoms with Gasteiger partial charge in [0.2, 0.25) is 0 Å². The average Bonchev–Trinajstić information content (AvgIpc) is 2.23. The Hall–Kier alpha value is 0.190. The second-order valence-electron chi connectivity index (χ2n) is 2.86. The van der Waals surface area contributed by atoms with Gasteiger partial charge in [0.25, 0.3) is 0 Å². The summed E-state index contributed by atoms with van der Waals surface area (Å²) in [5.41, 5.74) is -1.11. The largest absolute Gasteiger partial charge is 0.396 e. The smallest absolute Gasteiger partial charge is 0.0627 e. The zero-order valence-electron chi connectivity index (χ0n) is 7.98. The van der Waals surface area contributed by atoms with Crippen LogP contribution in [0.15, 0.2) is 0 Å². The van der Waals surface area contributed by atoms with Gasteiger partial charge in [-0.3, -0.25) is 0 Å². The lowest BCUT2D eigenvalue weighted by atomic mass is 9.93. The van der Waals surface area contributed by atoms with Crippen molar-refractivity contribution in [2.24, 2.45) is 5.41 Å². The fourth-order valence-corrected chi connectivity index (χ4v) is 0.300. The highest BCUT2D eigenvalue weighted by Gasteiger charge is 2.26. The van der Waals surface area contributed by atoms with E-state index in [9.17, 15) is 0 Å². The minimum Gasteiger partial charge on any atom is -0.396 e. The molecule has 5 heteroatoms. The Bertz CT molecular complexity index is 76.6. The summed E-state index contributed by atoms with van der Waals surface area (Å²) in [6.07, 6.45) is 1.18. The van der Waals surface area contributed by atoms with Crippen LogP contribution >= 0.6 is 12.6 Å². The molecule has 0 rings (SSSR count). The summed E-state index contributed by atoms with van der Waals surface area (Å²) in [5, 5.41) is 34.0. The van der Waals surface area contributed by atoms with Gasteiger partial charge in [-0.15, -0.1) is 0 Å². The van der Waals surface area contributed by atoms with E-state index in [4.69, 9.17) is 20.4 Å². The molecule has 0 bridgehead atoms. The molecule has 82 valence electrons. The van der Waals surface area contributed by atoms with Gasteiger partial charge in [-0.25, -0.2) is 0 Å². The third-order valence-electron chi connectivity index (χ3n) is 1.57. The van der Waals surface area contributed by atoms with Crippen molar-refractivity contribution < 1.29 is 20.4 Å². The van der Waals surface area contributed by atoms with Crippen LogP contribution in [0.2, 0.25) is 0 Å². The Kier molecular flexibility index (Phi) is 12.4. The summed E-state index contributed by atoms with van der Waals surface area (Å²) < 4.78 is 0. The summed E-state index contributed by atoms with van der Waals surface area (Å²) in [6, 6.07) is 0. The standard InChI is InChI=1S/C5H12O4.C3H8S/c6-1-5(2-7,3-8)4-9;1-2-3-4/h6-9H,1-4H2;4H,2-3H2,1H3. The minimum absolute atomic E-state index is 0.406. The zero-order chi connectivity index (χ0) is 10.7. The molecule has 0 fully saturated rings. The van der Waals surface area contributed by atoms with Crippen LogP contribution in [0.4, 0.5) is 0 Å². The molecule has 0 atom stereocenters. The van der Waals surface area contributed by atoms with Crippen LogP contribution in [0.5, 0.6) is 0 Å². The van der Waals surface area contributed by atoms with Crippen molar-refractivity contribution in [3.05, 3.63) is 0 Å². The Balaban J connectivity index is 0. The number of hydrogen-bond acceptors (Lipinski definition) is 5. The van der Waals surface area contributed by atoms with Crippen molar-refractivity contribution in [2.45, 2.75) is 13.3 Å². The molecule has 0 radical (unpaired) electrons. The minimum atomic E-state index is -1.11. The van der Waals surface area contributed by atoms with E-state index in [0.29, 0.717) is 0 Å². The fraction of sp³-hybridized carbons (Fsp3) is 1.00. The summed E-state index contributed by atoms with van der Waals surface area (Å²) in [6.45, 7) is 0.479. The lowest BCUT2D eigenvalue weighted by Crippen LogP contribution is -2.37. The SMILES string of the molecule is CCCS.OCC(CO)(CO)CO. The molecule has 0 aliphatic carbocycles. The topological polar surface area (TPSA) is 80.9 Å². The van der Waals surface area contributed by atoms with E-state index in [0.717, 1.165) is 5.75 Å². The first-order valence-electron chi connectivity index (χ1n) is 4.20. The molecule has 4 N–H and O–H groups in total. The molecule has 0 aromatic heterocycles. The normalized spacial score (nSPS) is 10.6. The lowest BCUT2D eigenvalue weighted by molar-refractivity contribution is -0.0328. The van der Waals surface area contributed by atoms with Crippen molar-refractivity contribution in [1.82, 2.24) is 0 Å². The Labute approximate surface area is 84.6 Å². The van der Waals surface area contributed by atoms with Gasteiger partial charge in [0.15, 0.2) is 0 Å². The van der Waals surface area contributed by atoms with Gasteiger partial charge in [0.1, 0.15) is 0 Å². The lowest BCUT2D eigenvalue weighted by Gasteiger charge is -2.23. The predicted octanol–water partition coefficient (Wildman–Crippen LogP) is -0.732. The van der Waals surface area contributed by atoms with E-state index in [1.54, 1.807) is 0 Å². The van der Waals surface area contributed by atoms with E-state index in [-0.39, 0.29) is 0 Å². The fourth-order valence-electron chi connectivity index (χ4n) is 0.300. The number of thiol groups is 1. The van der Waals surface area contributed by atoms with Crippen LogP contribution in [0.3, 0.4) is 0 Å². The molecule has 0 spiro atoms. The molecule has 0 aliphatic rings. The second-order valence-corrected chi connectivity index (χ2v) is 3.30. The number of rotatable bonds is 5. The molecular formula is C8H20O4S. The van der Waals surface area contributed by atoms with Crippen molar-refractivity contribution in [3.8, 4) is 0 Å². The molecule has 0 saturated heterocycles. The predicted molar refractivity (Wildman–Crippen MR) is 54.9 cm³/mol. The van der Waals surface area contributed by atoms with Crippen LogP contribution in [0.25, 0.3) is 0 Å². The summed E-state index contributed by atoms with van der Waals surface area (Å²) in [4.78, 5) is 0. The third kappa shape index (κ3) is 7.28. The van der Waals surface area contributed by atoms with Gasteiger partial charge in [0.05, 0.1) is 31.8 Å². The van der Waals surface area contributed by atoms with Gasteiger partial charge in [0, 0.05) is 0 Å². The number of aliphatic hydroxyl groups is 4.